The molecule has 2 N–H and O–H groups in total. The van der Waals surface area contributed by atoms with Crippen LogP contribution < -0.4 is 10.5 Å². The van der Waals surface area contributed by atoms with Crippen molar-refractivity contribution in [1.82, 2.24) is 4.90 Å². The number of ether oxygens (including phenoxy) is 1. The fourth-order valence-electron chi connectivity index (χ4n) is 2.48. The lowest BCUT2D eigenvalue weighted by atomic mass is 9.97. The standard InChI is InChI=1S/C14H19F3N2O/c15-14(16,17)20-13-4-2-1-3-12(13)10-19-7-5-11(9-18)6-8-19/h1-4,11H,5-10,18H2. The van der Waals surface area contributed by atoms with Crippen LogP contribution in [0.4, 0.5) is 13.2 Å². The van der Waals surface area contributed by atoms with Gasteiger partial charge in [-0.15, -0.1) is 13.2 Å². The van der Waals surface area contributed by atoms with E-state index in [9.17, 15) is 13.2 Å². The monoisotopic (exact) mass is 288 g/mol. The predicted molar refractivity (Wildman–Crippen MR) is 70.2 cm³/mol. The highest BCUT2D eigenvalue weighted by Gasteiger charge is 2.32. The number of benzene rings is 1. The van der Waals surface area contributed by atoms with Crippen LogP contribution in [0.5, 0.6) is 5.75 Å². The molecule has 1 fully saturated rings. The third-order valence-electron chi connectivity index (χ3n) is 3.63. The van der Waals surface area contributed by atoms with E-state index in [1.807, 2.05) is 0 Å². The minimum atomic E-state index is -4.65. The molecule has 0 amide bonds. The molecule has 0 atom stereocenters. The van der Waals surface area contributed by atoms with Crippen molar-refractivity contribution in [2.24, 2.45) is 11.7 Å². The Morgan fingerprint density at radius 3 is 2.45 bits per heavy atom. The summed E-state index contributed by atoms with van der Waals surface area (Å²) in [5.41, 5.74) is 6.20. The first kappa shape index (κ1) is 15.1. The van der Waals surface area contributed by atoms with E-state index in [-0.39, 0.29) is 5.75 Å². The van der Waals surface area contributed by atoms with Crippen LogP contribution in [-0.4, -0.2) is 30.9 Å². The Morgan fingerprint density at radius 2 is 1.85 bits per heavy atom. The van der Waals surface area contributed by atoms with Crippen molar-refractivity contribution < 1.29 is 17.9 Å². The van der Waals surface area contributed by atoms with Gasteiger partial charge >= 0.3 is 6.36 Å². The third kappa shape index (κ3) is 4.38. The minimum Gasteiger partial charge on any atom is -0.405 e. The van der Waals surface area contributed by atoms with Gasteiger partial charge in [0, 0.05) is 12.1 Å². The molecule has 1 aliphatic rings. The van der Waals surface area contributed by atoms with Gasteiger partial charge in [0.25, 0.3) is 0 Å². The fourth-order valence-corrected chi connectivity index (χ4v) is 2.48. The van der Waals surface area contributed by atoms with Crippen LogP contribution in [0.3, 0.4) is 0 Å². The summed E-state index contributed by atoms with van der Waals surface area (Å²) in [5.74, 6) is 0.425. The van der Waals surface area contributed by atoms with E-state index in [1.54, 1.807) is 18.2 Å². The van der Waals surface area contributed by atoms with Gasteiger partial charge in [-0.1, -0.05) is 18.2 Å². The van der Waals surface area contributed by atoms with Crippen molar-refractivity contribution in [3.8, 4) is 5.75 Å². The van der Waals surface area contributed by atoms with Crippen LogP contribution in [0.25, 0.3) is 0 Å². The Morgan fingerprint density at radius 1 is 1.20 bits per heavy atom. The van der Waals surface area contributed by atoms with Crippen LogP contribution in [0.1, 0.15) is 18.4 Å². The lowest BCUT2D eigenvalue weighted by Crippen LogP contribution is -2.35. The Balaban J connectivity index is 1.99. The van der Waals surface area contributed by atoms with Gasteiger partial charge < -0.3 is 10.5 Å². The summed E-state index contributed by atoms with van der Waals surface area (Å²) >= 11 is 0. The summed E-state index contributed by atoms with van der Waals surface area (Å²) in [7, 11) is 0. The molecule has 2 rings (SSSR count). The summed E-state index contributed by atoms with van der Waals surface area (Å²) in [6, 6.07) is 6.31. The highest BCUT2D eigenvalue weighted by Crippen LogP contribution is 2.28. The number of nitrogens with zero attached hydrogens (tertiary/aromatic N) is 1. The second kappa shape index (κ2) is 6.45. The van der Waals surface area contributed by atoms with E-state index in [0.29, 0.717) is 24.6 Å². The molecule has 0 bridgehead atoms. The molecule has 1 aromatic carbocycles. The number of alkyl halides is 3. The number of hydrogen-bond acceptors (Lipinski definition) is 3. The SMILES string of the molecule is NCC1CCN(Cc2ccccc2OC(F)(F)F)CC1. The number of para-hydroxylation sites is 1. The second-order valence-corrected chi connectivity index (χ2v) is 5.11. The molecule has 1 heterocycles. The van der Waals surface area contributed by atoms with E-state index in [4.69, 9.17) is 5.73 Å². The van der Waals surface area contributed by atoms with Gasteiger partial charge in [0.2, 0.25) is 0 Å². The van der Waals surface area contributed by atoms with Gasteiger partial charge in [-0.3, -0.25) is 4.90 Å². The zero-order chi connectivity index (χ0) is 14.6. The molecule has 0 spiro atoms. The Hall–Kier alpha value is -1.27. The number of halogens is 3. The lowest BCUT2D eigenvalue weighted by molar-refractivity contribution is -0.275. The maximum absolute atomic E-state index is 12.3. The zero-order valence-electron chi connectivity index (χ0n) is 11.2. The topological polar surface area (TPSA) is 38.5 Å². The molecule has 1 aromatic rings. The smallest absolute Gasteiger partial charge is 0.405 e. The summed E-state index contributed by atoms with van der Waals surface area (Å²) in [6.45, 7) is 2.88. The highest BCUT2D eigenvalue weighted by atomic mass is 19.4. The molecule has 0 unspecified atom stereocenters. The molecule has 1 saturated heterocycles. The van der Waals surface area contributed by atoms with Crippen molar-refractivity contribution in [3.63, 3.8) is 0 Å². The van der Waals surface area contributed by atoms with Crippen LogP contribution >= 0.6 is 0 Å². The molecule has 0 aliphatic carbocycles. The van der Waals surface area contributed by atoms with E-state index in [2.05, 4.69) is 9.64 Å². The first-order valence-electron chi connectivity index (χ1n) is 6.74. The molecule has 6 heteroatoms. The lowest BCUT2D eigenvalue weighted by Gasteiger charge is -2.31. The van der Waals surface area contributed by atoms with Gasteiger partial charge in [-0.05, 0) is 44.5 Å². The summed E-state index contributed by atoms with van der Waals surface area (Å²) in [4.78, 5) is 2.14. The molecule has 112 valence electrons. The molecule has 0 saturated carbocycles. The summed E-state index contributed by atoms with van der Waals surface area (Å²) in [6.07, 6.45) is -2.65. The molecular weight excluding hydrogens is 269 g/mol. The van der Waals surface area contributed by atoms with E-state index in [1.165, 1.54) is 6.07 Å². The van der Waals surface area contributed by atoms with Crippen LogP contribution in [0, 0.1) is 5.92 Å². The van der Waals surface area contributed by atoms with Gasteiger partial charge in [0.15, 0.2) is 0 Å². The van der Waals surface area contributed by atoms with Gasteiger partial charge in [-0.25, -0.2) is 0 Å². The third-order valence-corrected chi connectivity index (χ3v) is 3.63. The Bertz CT molecular complexity index is 429. The average molecular weight is 288 g/mol. The molecule has 0 aromatic heterocycles. The van der Waals surface area contributed by atoms with Crippen molar-refractivity contribution in [3.05, 3.63) is 29.8 Å². The van der Waals surface area contributed by atoms with Crippen molar-refractivity contribution in [2.45, 2.75) is 25.7 Å². The number of likely N-dealkylation sites (tertiary alicyclic amines) is 1. The maximum Gasteiger partial charge on any atom is 0.573 e. The van der Waals surface area contributed by atoms with E-state index < -0.39 is 6.36 Å². The average Bonchev–Trinajstić information content (AvgIpc) is 2.40. The number of hydrogen-bond donors (Lipinski definition) is 1. The van der Waals surface area contributed by atoms with E-state index in [0.717, 1.165) is 25.9 Å². The van der Waals surface area contributed by atoms with Crippen LogP contribution in [0.2, 0.25) is 0 Å². The van der Waals surface area contributed by atoms with Gasteiger partial charge in [0.1, 0.15) is 5.75 Å². The predicted octanol–water partition coefficient (Wildman–Crippen LogP) is 2.76. The largest absolute Gasteiger partial charge is 0.573 e. The van der Waals surface area contributed by atoms with Crippen molar-refractivity contribution in [2.75, 3.05) is 19.6 Å². The summed E-state index contributed by atoms with van der Waals surface area (Å²) < 4.78 is 41.1. The number of nitrogens with two attached hydrogens (primary N) is 1. The van der Waals surface area contributed by atoms with Gasteiger partial charge in [-0.2, -0.15) is 0 Å². The first-order chi connectivity index (χ1) is 9.48. The van der Waals surface area contributed by atoms with Gasteiger partial charge in [0.05, 0.1) is 0 Å². The number of rotatable bonds is 4. The van der Waals surface area contributed by atoms with Crippen LogP contribution in [-0.2, 0) is 6.54 Å². The molecule has 20 heavy (non-hydrogen) atoms. The van der Waals surface area contributed by atoms with E-state index >= 15 is 0 Å². The number of piperidine rings is 1. The zero-order valence-corrected chi connectivity index (χ0v) is 11.2. The van der Waals surface area contributed by atoms with Crippen LogP contribution in [0.15, 0.2) is 24.3 Å². The Kier molecular flexibility index (Phi) is 4.88. The maximum atomic E-state index is 12.3. The van der Waals surface area contributed by atoms with Crippen molar-refractivity contribution >= 4 is 0 Å². The summed E-state index contributed by atoms with van der Waals surface area (Å²) in [5, 5.41) is 0. The first-order valence-corrected chi connectivity index (χ1v) is 6.74. The quantitative estimate of drug-likeness (QED) is 0.926. The Labute approximate surface area is 116 Å². The molecular formula is C14H19F3N2O. The fraction of sp³-hybridized carbons (Fsp3) is 0.571. The molecule has 1 aliphatic heterocycles. The minimum absolute atomic E-state index is 0.110. The second-order valence-electron chi connectivity index (χ2n) is 5.11. The molecule has 3 nitrogen and oxygen atoms in total. The normalized spacial score (nSPS) is 18.2. The highest BCUT2D eigenvalue weighted by molar-refractivity contribution is 5.33. The molecule has 0 radical (unpaired) electrons. The van der Waals surface area contributed by atoms with Crippen molar-refractivity contribution in [1.29, 1.82) is 0 Å².